The molecule has 2 nitrogen and oxygen atoms in total. The van der Waals surface area contributed by atoms with Crippen LogP contribution >= 0.6 is 0 Å². The Kier molecular flexibility index (Phi) is 1.53. The zero-order chi connectivity index (χ0) is 7.68. The average molecular weight is 146 g/mol. The second kappa shape index (κ2) is 2.53. The lowest BCUT2D eigenvalue weighted by Gasteiger charge is -1.97. The molecule has 11 heavy (non-hydrogen) atoms. The Morgan fingerprint density at radius 3 is 2.18 bits per heavy atom. The van der Waals surface area contributed by atoms with Gasteiger partial charge in [0.15, 0.2) is 0 Å². The summed E-state index contributed by atoms with van der Waals surface area (Å²) in [6, 6.07) is 7.73. The van der Waals surface area contributed by atoms with Crippen LogP contribution in [-0.2, 0) is 0 Å². The first-order valence-corrected chi connectivity index (χ1v) is 3.82. The van der Waals surface area contributed by atoms with Crippen molar-refractivity contribution in [3.63, 3.8) is 0 Å². The maximum Gasteiger partial charge on any atom is 0.530 e. The van der Waals surface area contributed by atoms with Gasteiger partial charge in [-0.05, 0) is 12.1 Å². The first kappa shape index (κ1) is 6.65. The van der Waals surface area contributed by atoms with Crippen molar-refractivity contribution >= 4 is 14.2 Å². The molecule has 0 N–H and O–H groups in total. The van der Waals surface area contributed by atoms with Gasteiger partial charge in [-0.1, -0.05) is 19.0 Å². The molecule has 0 amide bonds. The molecular formula is C7H8B2O2. The van der Waals surface area contributed by atoms with Crippen LogP contribution in [0.25, 0.3) is 0 Å². The van der Waals surface area contributed by atoms with Crippen LogP contribution in [0.15, 0.2) is 24.3 Å². The minimum atomic E-state index is -0.0765. The zero-order valence-corrected chi connectivity index (χ0v) is 6.41. The van der Waals surface area contributed by atoms with E-state index in [1.54, 1.807) is 0 Å². The topological polar surface area (TPSA) is 18.5 Å². The normalized spacial score (nSPS) is 13.4. The van der Waals surface area contributed by atoms with E-state index in [0.717, 1.165) is 18.7 Å². The van der Waals surface area contributed by atoms with Gasteiger partial charge in [-0.3, -0.25) is 0 Å². The first-order chi connectivity index (χ1) is 5.40. The molecule has 0 saturated carbocycles. The second-order valence-corrected chi connectivity index (χ2v) is 2.52. The van der Waals surface area contributed by atoms with E-state index in [0.29, 0.717) is 0 Å². The van der Waals surface area contributed by atoms with Crippen molar-refractivity contribution in [3.05, 3.63) is 24.3 Å². The van der Waals surface area contributed by atoms with E-state index in [9.17, 15) is 0 Å². The quantitative estimate of drug-likeness (QED) is 0.548. The Morgan fingerprint density at radius 1 is 1.18 bits per heavy atom. The average Bonchev–Trinajstić information content (AvgIpc) is 2.46. The largest absolute Gasteiger partial charge is 0.530 e. The molecule has 0 fully saturated rings. The number of fused-ring (bicyclic) bond motifs is 1. The SMILES string of the molecule is CBB1Oc2ccccc2O1. The lowest BCUT2D eigenvalue weighted by molar-refractivity contribution is 0.527. The van der Waals surface area contributed by atoms with Crippen LogP contribution in [0.3, 0.4) is 0 Å². The molecule has 0 saturated heterocycles. The molecule has 0 bridgehead atoms. The number of hydrogen-bond donors (Lipinski definition) is 0. The number of benzene rings is 1. The van der Waals surface area contributed by atoms with E-state index in [4.69, 9.17) is 9.31 Å². The molecule has 0 atom stereocenters. The van der Waals surface area contributed by atoms with Crippen molar-refractivity contribution in [2.75, 3.05) is 0 Å². The molecular weight excluding hydrogens is 138 g/mol. The monoisotopic (exact) mass is 146 g/mol. The van der Waals surface area contributed by atoms with Gasteiger partial charge in [0.25, 0.3) is 0 Å². The van der Waals surface area contributed by atoms with Gasteiger partial charge in [-0.2, -0.15) is 0 Å². The second-order valence-electron chi connectivity index (χ2n) is 2.52. The fraction of sp³-hybridized carbons (Fsp3) is 0.143. The zero-order valence-electron chi connectivity index (χ0n) is 6.41. The van der Waals surface area contributed by atoms with Gasteiger partial charge in [0.1, 0.15) is 11.5 Å². The van der Waals surface area contributed by atoms with Crippen LogP contribution in [0.1, 0.15) is 0 Å². The van der Waals surface area contributed by atoms with Gasteiger partial charge in [-0.15, -0.1) is 0 Å². The van der Waals surface area contributed by atoms with Crippen molar-refractivity contribution in [2.24, 2.45) is 0 Å². The molecule has 0 aromatic heterocycles. The molecule has 54 valence electrons. The summed E-state index contributed by atoms with van der Waals surface area (Å²) in [7, 11) is 0.807. The van der Waals surface area contributed by atoms with E-state index < -0.39 is 0 Å². The highest BCUT2D eigenvalue weighted by Crippen LogP contribution is 2.31. The molecule has 0 aliphatic carbocycles. The number of para-hydroxylation sites is 2. The Hall–Kier alpha value is -1.05. The third kappa shape index (κ3) is 1.09. The fourth-order valence-corrected chi connectivity index (χ4v) is 1.12. The molecule has 0 unspecified atom stereocenters. The summed E-state index contributed by atoms with van der Waals surface area (Å²) in [5.74, 6) is 1.72. The highest BCUT2D eigenvalue weighted by molar-refractivity contribution is 7.06. The van der Waals surface area contributed by atoms with E-state index in [1.165, 1.54) is 0 Å². The minimum Gasteiger partial charge on any atom is -0.530 e. The summed E-state index contributed by atoms with van der Waals surface area (Å²) in [5.41, 5.74) is 0. The maximum atomic E-state index is 5.43. The molecule has 0 radical (unpaired) electrons. The summed E-state index contributed by atoms with van der Waals surface area (Å²) >= 11 is 0. The first-order valence-electron chi connectivity index (χ1n) is 3.82. The summed E-state index contributed by atoms with van der Waals surface area (Å²) in [4.78, 5) is 0. The summed E-state index contributed by atoms with van der Waals surface area (Å²) < 4.78 is 10.9. The Labute approximate surface area is 66.9 Å². The van der Waals surface area contributed by atoms with Gasteiger partial charge in [0.2, 0.25) is 7.17 Å². The highest BCUT2D eigenvalue weighted by Gasteiger charge is 2.28. The lowest BCUT2D eigenvalue weighted by Crippen LogP contribution is -2.30. The van der Waals surface area contributed by atoms with Gasteiger partial charge in [-0.25, -0.2) is 0 Å². The molecule has 1 heterocycles. The van der Waals surface area contributed by atoms with Gasteiger partial charge in [0.05, 0.1) is 0 Å². The lowest BCUT2D eigenvalue weighted by atomic mass is 9.46. The molecule has 1 aliphatic heterocycles. The van der Waals surface area contributed by atoms with Crippen LogP contribution in [0.5, 0.6) is 11.5 Å². The standard InChI is InChI=1S/C7H8B2O2/c1-8-9-10-6-4-2-3-5-7(6)11-9/h2-5,8H,1H3. The summed E-state index contributed by atoms with van der Waals surface area (Å²) in [6.45, 7) is 2.04. The Morgan fingerprint density at radius 2 is 1.73 bits per heavy atom. The van der Waals surface area contributed by atoms with Crippen LogP contribution in [0, 0.1) is 0 Å². The van der Waals surface area contributed by atoms with Crippen molar-refractivity contribution in [2.45, 2.75) is 6.82 Å². The predicted octanol–water partition coefficient (Wildman–Crippen LogP) is 0.927. The van der Waals surface area contributed by atoms with Crippen molar-refractivity contribution < 1.29 is 9.31 Å². The molecule has 2 rings (SSSR count). The van der Waals surface area contributed by atoms with Crippen LogP contribution < -0.4 is 9.31 Å². The van der Waals surface area contributed by atoms with Crippen LogP contribution in [0.2, 0.25) is 6.82 Å². The molecule has 1 aromatic carbocycles. The molecule has 4 heteroatoms. The fourth-order valence-electron chi connectivity index (χ4n) is 1.12. The Bertz CT molecular complexity index is 239. The van der Waals surface area contributed by atoms with Crippen LogP contribution in [0.4, 0.5) is 0 Å². The smallest absolute Gasteiger partial charge is 0.530 e. The minimum absolute atomic E-state index is 0.0765. The predicted molar refractivity (Wildman–Crippen MR) is 46.5 cm³/mol. The number of hydrogen-bond acceptors (Lipinski definition) is 2. The van der Waals surface area contributed by atoms with Gasteiger partial charge < -0.3 is 9.31 Å². The van der Waals surface area contributed by atoms with Crippen molar-refractivity contribution in [1.29, 1.82) is 0 Å². The van der Waals surface area contributed by atoms with Gasteiger partial charge >= 0.3 is 7.01 Å². The third-order valence-corrected chi connectivity index (χ3v) is 1.70. The number of rotatable bonds is 1. The Balaban J connectivity index is 2.27. The molecule has 1 aliphatic rings. The van der Waals surface area contributed by atoms with E-state index in [1.807, 2.05) is 31.1 Å². The van der Waals surface area contributed by atoms with Crippen LogP contribution in [-0.4, -0.2) is 14.2 Å². The molecule has 0 spiro atoms. The third-order valence-electron chi connectivity index (χ3n) is 1.70. The van der Waals surface area contributed by atoms with E-state index >= 15 is 0 Å². The summed E-state index contributed by atoms with van der Waals surface area (Å²) in [6.07, 6.45) is 0. The highest BCUT2D eigenvalue weighted by atomic mass is 16.6. The van der Waals surface area contributed by atoms with Gasteiger partial charge in [0, 0.05) is 0 Å². The summed E-state index contributed by atoms with van der Waals surface area (Å²) in [5, 5.41) is 0. The maximum absolute atomic E-state index is 5.43. The van der Waals surface area contributed by atoms with E-state index in [-0.39, 0.29) is 7.01 Å². The van der Waals surface area contributed by atoms with Crippen molar-refractivity contribution in [3.8, 4) is 11.5 Å². The van der Waals surface area contributed by atoms with E-state index in [2.05, 4.69) is 0 Å². The van der Waals surface area contributed by atoms with Crippen molar-refractivity contribution in [1.82, 2.24) is 0 Å². The molecule has 1 aromatic rings.